The van der Waals surface area contributed by atoms with Crippen molar-refractivity contribution in [2.75, 3.05) is 38.5 Å². The number of sulfone groups is 1. The Morgan fingerprint density at radius 2 is 1.88 bits per heavy atom. The van der Waals surface area contributed by atoms with Crippen LogP contribution in [0.5, 0.6) is 5.75 Å². The lowest BCUT2D eigenvalue weighted by Gasteiger charge is -2.38. The van der Waals surface area contributed by atoms with E-state index in [1.54, 1.807) is 6.07 Å². The highest BCUT2D eigenvalue weighted by Crippen LogP contribution is 2.45. The molecule has 3 aliphatic rings. The number of ketones is 2. The zero-order valence-corrected chi connectivity index (χ0v) is 24.6. The topological polar surface area (TPSA) is 124 Å². The molecule has 2 aliphatic heterocycles. The first-order valence-corrected chi connectivity index (χ1v) is 16.1. The number of nitrogens with zero attached hydrogens (tertiary/aromatic N) is 1. The number of nitrogens with one attached hydrogen (secondary N) is 1. The van der Waals surface area contributed by atoms with Crippen LogP contribution in [0.3, 0.4) is 0 Å². The zero-order valence-electron chi connectivity index (χ0n) is 23.7. The second-order valence-corrected chi connectivity index (χ2v) is 13.9. The van der Waals surface area contributed by atoms with Crippen molar-refractivity contribution in [3.05, 3.63) is 82.4 Å². The van der Waals surface area contributed by atoms with Gasteiger partial charge in [-0.2, -0.15) is 0 Å². The third kappa shape index (κ3) is 5.67. The lowest BCUT2D eigenvalue weighted by atomic mass is 9.76. The number of rotatable bonds is 10. The van der Waals surface area contributed by atoms with Crippen molar-refractivity contribution in [3.63, 3.8) is 0 Å². The first kappa shape index (κ1) is 30.1. The summed E-state index contributed by atoms with van der Waals surface area (Å²) in [7, 11) is -4.24. The minimum atomic E-state index is -4.24. The molecule has 42 heavy (non-hydrogen) atoms. The molecule has 2 saturated heterocycles. The van der Waals surface area contributed by atoms with Crippen LogP contribution < -0.4 is 5.32 Å². The van der Waals surface area contributed by atoms with Gasteiger partial charge >= 0.3 is 0 Å². The number of Topliss-reactive ketones (excluding diaryl/α,β-unsaturated/α-hetero) is 2. The predicted molar refractivity (Wildman–Crippen MR) is 159 cm³/mol. The van der Waals surface area contributed by atoms with E-state index in [-0.39, 0.29) is 39.3 Å². The SMILES string of the molecule is Cc1c(F)cccc1C1=C(C(=O)c2cccc(O)c2)CC(C(=O)C2CCCNC2)(S(=O)(=O)CCCN2CCC2)C=C1O. The average Bonchev–Trinajstić information content (AvgIpc) is 2.95. The van der Waals surface area contributed by atoms with Gasteiger partial charge in [-0.3, -0.25) is 9.59 Å². The molecule has 2 aromatic rings. The lowest BCUT2D eigenvalue weighted by Crippen LogP contribution is -2.53. The van der Waals surface area contributed by atoms with Crippen LogP contribution in [0.2, 0.25) is 0 Å². The fourth-order valence-corrected chi connectivity index (χ4v) is 8.24. The largest absolute Gasteiger partial charge is 0.508 e. The van der Waals surface area contributed by atoms with Gasteiger partial charge in [0.15, 0.2) is 26.2 Å². The van der Waals surface area contributed by atoms with Gasteiger partial charge in [-0.15, -0.1) is 0 Å². The Labute approximate surface area is 245 Å². The summed E-state index contributed by atoms with van der Waals surface area (Å²) in [5, 5.41) is 24.9. The van der Waals surface area contributed by atoms with Crippen LogP contribution in [-0.2, 0) is 14.6 Å². The molecule has 2 atom stereocenters. The standard InChI is InChI=1S/C32H37FN2O6S/c1-21-25(10-3-11-27(21)33)29-26(30(38)22-7-2-9-24(36)17-22)18-32(19-28(29)37,31(39)23-8-4-12-34-20-23)42(40,41)16-6-15-35-13-5-14-35/h2-3,7,9-11,17,19,23,34,36-37H,4-6,8,12-16,18,20H2,1H3. The number of halogens is 1. The normalized spacial score (nSPS) is 23.3. The van der Waals surface area contributed by atoms with Gasteiger partial charge in [0.1, 0.15) is 17.3 Å². The molecule has 0 spiro atoms. The fourth-order valence-electron chi connectivity index (χ4n) is 6.24. The molecule has 8 nitrogen and oxygen atoms in total. The van der Waals surface area contributed by atoms with Gasteiger partial charge in [0.25, 0.3) is 0 Å². The highest BCUT2D eigenvalue weighted by Gasteiger charge is 2.54. The smallest absolute Gasteiger partial charge is 0.189 e. The number of aliphatic hydroxyl groups is 1. The fraction of sp³-hybridized carbons (Fsp3) is 0.438. The summed E-state index contributed by atoms with van der Waals surface area (Å²) >= 11 is 0. The number of carbonyl (C=O) groups is 2. The summed E-state index contributed by atoms with van der Waals surface area (Å²) in [6.45, 7) is 4.90. The number of phenols is 1. The van der Waals surface area contributed by atoms with Crippen LogP contribution in [-0.4, -0.2) is 78.3 Å². The molecule has 224 valence electrons. The second-order valence-electron chi connectivity index (χ2n) is 11.5. The van der Waals surface area contributed by atoms with E-state index in [0.717, 1.165) is 25.6 Å². The molecule has 0 saturated carbocycles. The van der Waals surface area contributed by atoms with Crippen molar-refractivity contribution < 1.29 is 32.6 Å². The van der Waals surface area contributed by atoms with Gasteiger partial charge in [0.2, 0.25) is 0 Å². The number of allylic oxidation sites excluding steroid dienone is 2. The second kappa shape index (κ2) is 12.1. The third-order valence-electron chi connectivity index (χ3n) is 8.76. The van der Waals surface area contributed by atoms with E-state index in [0.29, 0.717) is 38.9 Å². The molecule has 0 radical (unpaired) electrons. The summed E-state index contributed by atoms with van der Waals surface area (Å²) in [4.78, 5) is 30.6. The van der Waals surface area contributed by atoms with E-state index in [9.17, 15) is 32.6 Å². The van der Waals surface area contributed by atoms with E-state index in [4.69, 9.17) is 0 Å². The summed E-state index contributed by atoms with van der Waals surface area (Å²) in [6.07, 6.45) is 3.15. The molecule has 0 bridgehead atoms. The first-order valence-electron chi connectivity index (χ1n) is 14.5. The Hall–Kier alpha value is -3.34. The van der Waals surface area contributed by atoms with E-state index in [1.165, 1.54) is 43.3 Å². The first-order chi connectivity index (χ1) is 20.0. The average molecular weight is 597 g/mol. The Morgan fingerprint density at radius 3 is 2.55 bits per heavy atom. The van der Waals surface area contributed by atoms with Crippen LogP contribution in [0.4, 0.5) is 4.39 Å². The molecule has 2 aromatic carbocycles. The molecule has 5 rings (SSSR count). The molecular weight excluding hydrogens is 559 g/mol. The van der Waals surface area contributed by atoms with Gasteiger partial charge in [-0.25, -0.2) is 12.8 Å². The maximum absolute atomic E-state index is 14.7. The Bertz CT molecular complexity index is 1560. The summed E-state index contributed by atoms with van der Waals surface area (Å²) in [5.41, 5.74) is 0.324. The molecular formula is C32H37FN2O6S. The number of phenolic OH excluding ortho intramolecular Hbond substituents is 1. The van der Waals surface area contributed by atoms with Crippen LogP contribution in [0, 0.1) is 18.7 Å². The van der Waals surface area contributed by atoms with Gasteiger partial charge in [0, 0.05) is 35.6 Å². The van der Waals surface area contributed by atoms with Crippen molar-refractivity contribution >= 4 is 27.0 Å². The summed E-state index contributed by atoms with van der Waals surface area (Å²) < 4.78 is 41.1. The molecule has 2 unspecified atom stereocenters. The molecule has 1 aliphatic carbocycles. The number of carbonyl (C=O) groups excluding carboxylic acids is 2. The molecule has 2 heterocycles. The van der Waals surface area contributed by atoms with Crippen LogP contribution in [0.15, 0.2) is 59.9 Å². The number of piperidine rings is 1. The molecule has 0 amide bonds. The van der Waals surface area contributed by atoms with Crippen molar-refractivity contribution in [2.24, 2.45) is 5.92 Å². The molecule has 0 aromatic heterocycles. The highest BCUT2D eigenvalue weighted by molar-refractivity contribution is 7.93. The number of likely N-dealkylation sites (tertiary alicyclic amines) is 1. The monoisotopic (exact) mass is 596 g/mol. The number of benzene rings is 2. The molecule has 3 N–H and O–H groups in total. The number of hydrogen-bond acceptors (Lipinski definition) is 8. The number of aromatic hydroxyl groups is 1. The summed E-state index contributed by atoms with van der Waals surface area (Å²) in [6, 6.07) is 9.84. The van der Waals surface area contributed by atoms with E-state index < -0.39 is 50.1 Å². The van der Waals surface area contributed by atoms with E-state index >= 15 is 0 Å². The highest BCUT2D eigenvalue weighted by atomic mass is 32.2. The van der Waals surface area contributed by atoms with Crippen molar-refractivity contribution in [2.45, 2.75) is 43.8 Å². The van der Waals surface area contributed by atoms with E-state index in [1.807, 2.05) is 0 Å². The molecule has 2 fully saturated rings. The Balaban J connectivity index is 1.67. The summed E-state index contributed by atoms with van der Waals surface area (Å²) in [5.74, 6) is -3.41. The minimum absolute atomic E-state index is 0.0127. The van der Waals surface area contributed by atoms with Crippen molar-refractivity contribution in [1.82, 2.24) is 10.2 Å². The Kier molecular flexibility index (Phi) is 8.68. The number of hydrogen-bond donors (Lipinski definition) is 3. The van der Waals surface area contributed by atoms with Gasteiger partial charge in [-0.1, -0.05) is 24.3 Å². The van der Waals surface area contributed by atoms with Crippen LogP contribution >= 0.6 is 0 Å². The lowest BCUT2D eigenvalue weighted by molar-refractivity contribution is -0.124. The van der Waals surface area contributed by atoms with Crippen LogP contribution in [0.25, 0.3) is 5.57 Å². The van der Waals surface area contributed by atoms with Crippen molar-refractivity contribution in [1.29, 1.82) is 0 Å². The maximum Gasteiger partial charge on any atom is 0.189 e. The van der Waals surface area contributed by atoms with Gasteiger partial charge in [0.05, 0.1) is 5.75 Å². The van der Waals surface area contributed by atoms with Gasteiger partial charge < -0.3 is 20.4 Å². The molecule has 10 heteroatoms. The zero-order chi connectivity index (χ0) is 30.1. The predicted octanol–water partition coefficient (Wildman–Crippen LogP) is 4.14. The quantitative estimate of drug-likeness (QED) is 0.350. The van der Waals surface area contributed by atoms with Crippen molar-refractivity contribution in [3.8, 4) is 5.75 Å². The minimum Gasteiger partial charge on any atom is -0.508 e. The van der Waals surface area contributed by atoms with E-state index in [2.05, 4.69) is 10.2 Å². The number of aliphatic hydroxyl groups excluding tert-OH is 1. The Morgan fingerprint density at radius 1 is 1.12 bits per heavy atom. The third-order valence-corrected chi connectivity index (χ3v) is 11.2. The van der Waals surface area contributed by atoms with Gasteiger partial charge in [-0.05, 0) is 94.2 Å². The maximum atomic E-state index is 14.7. The van der Waals surface area contributed by atoms with Crippen LogP contribution in [0.1, 0.15) is 53.6 Å².